The molecule has 1 nitrogen and oxygen atoms in total. The van der Waals surface area contributed by atoms with Gasteiger partial charge in [0.1, 0.15) is 0 Å². The van der Waals surface area contributed by atoms with E-state index in [4.69, 9.17) is 5.73 Å². The van der Waals surface area contributed by atoms with Crippen LogP contribution in [-0.4, -0.2) is 0 Å². The fourth-order valence-electron chi connectivity index (χ4n) is 3.07. The summed E-state index contributed by atoms with van der Waals surface area (Å²) in [6, 6.07) is 15.4. The Bertz CT molecular complexity index is 583. The van der Waals surface area contributed by atoms with E-state index >= 15 is 0 Å². The molecule has 0 bridgehead atoms. The molecule has 0 amide bonds. The molecule has 0 atom stereocenters. The van der Waals surface area contributed by atoms with Crippen molar-refractivity contribution in [1.29, 1.82) is 0 Å². The smallest absolute Gasteiger partial charge is 0.0316 e. The zero-order valence-electron chi connectivity index (χ0n) is 14.8. The Morgan fingerprint density at radius 2 is 1.43 bits per heavy atom. The Labute approximate surface area is 141 Å². The van der Waals surface area contributed by atoms with Crippen molar-refractivity contribution in [1.82, 2.24) is 0 Å². The summed E-state index contributed by atoms with van der Waals surface area (Å²) in [5.41, 5.74) is 12.2. The van der Waals surface area contributed by atoms with Crippen LogP contribution in [0.5, 0.6) is 0 Å². The Morgan fingerprint density at radius 3 is 2.13 bits per heavy atom. The van der Waals surface area contributed by atoms with E-state index in [0.717, 1.165) is 12.1 Å². The minimum atomic E-state index is 0.848. The van der Waals surface area contributed by atoms with Crippen LogP contribution in [0.1, 0.15) is 67.7 Å². The second kappa shape index (κ2) is 9.39. The molecule has 0 unspecified atom stereocenters. The first-order chi connectivity index (χ1) is 11.2. The third-order valence-electron chi connectivity index (χ3n) is 4.60. The average molecular weight is 309 g/mol. The minimum absolute atomic E-state index is 0.848. The monoisotopic (exact) mass is 309 g/mol. The van der Waals surface area contributed by atoms with Crippen molar-refractivity contribution in [3.63, 3.8) is 0 Å². The Kier molecular flexibility index (Phi) is 7.19. The van der Waals surface area contributed by atoms with Gasteiger partial charge in [0.15, 0.2) is 0 Å². The highest BCUT2D eigenvalue weighted by atomic mass is 14.5. The van der Waals surface area contributed by atoms with E-state index in [0.29, 0.717) is 0 Å². The third kappa shape index (κ3) is 6.09. The molecule has 124 valence electrons. The van der Waals surface area contributed by atoms with Gasteiger partial charge in [0.05, 0.1) is 0 Å². The van der Waals surface area contributed by atoms with Crippen LogP contribution < -0.4 is 5.73 Å². The first-order valence-corrected chi connectivity index (χ1v) is 9.12. The van der Waals surface area contributed by atoms with Gasteiger partial charge in [-0.1, -0.05) is 69.4 Å². The van der Waals surface area contributed by atoms with E-state index in [1.807, 2.05) is 6.07 Å². The van der Waals surface area contributed by atoms with Crippen LogP contribution in [0.2, 0.25) is 0 Å². The van der Waals surface area contributed by atoms with Crippen molar-refractivity contribution in [3.8, 4) is 0 Å². The lowest BCUT2D eigenvalue weighted by molar-refractivity contribution is 0.607. The molecule has 0 saturated carbocycles. The molecule has 0 aliphatic heterocycles. The number of anilines is 1. The standard InChI is InChI=1S/C22H31N/c1-3-4-5-6-7-8-9-19-10-12-20(13-11-19)17-21-14-15-22(23)16-18(21)2/h10-16H,3-9,17,23H2,1-2H3. The maximum Gasteiger partial charge on any atom is 0.0316 e. The molecule has 0 spiro atoms. The lowest BCUT2D eigenvalue weighted by Crippen LogP contribution is -1.95. The highest BCUT2D eigenvalue weighted by Gasteiger charge is 2.01. The quantitative estimate of drug-likeness (QED) is 0.441. The van der Waals surface area contributed by atoms with Crippen molar-refractivity contribution in [2.45, 2.75) is 65.2 Å². The van der Waals surface area contributed by atoms with E-state index in [1.165, 1.54) is 67.2 Å². The summed E-state index contributed by atoms with van der Waals surface area (Å²) < 4.78 is 0. The van der Waals surface area contributed by atoms with Crippen LogP contribution in [0.4, 0.5) is 5.69 Å². The molecule has 0 saturated heterocycles. The highest BCUT2D eigenvalue weighted by molar-refractivity contribution is 5.45. The van der Waals surface area contributed by atoms with Crippen LogP contribution in [0, 0.1) is 6.92 Å². The number of nitrogen functional groups attached to an aromatic ring is 1. The maximum atomic E-state index is 5.83. The number of benzene rings is 2. The average Bonchev–Trinajstić information content (AvgIpc) is 2.55. The number of hydrogen-bond acceptors (Lipinski definition) is 1. The summed E-state index contributed by atoms with van der Waals surface area (Å²) in [6.07, 6.45) is 10.4. The van der Waals surface area contributed by atoms with E-state index in [9.17, 15) is 0 Å². The van der Waals surface area contributed by atoms with Crippen LogP contribution in [-0.2, 0) is 12.8 Å². The summed E-state index contributed by atoms with van der Waals surface area (Å²) in [6.45, 7) is 4.41. The molecule has 23 heavy (non-hydrogen) atoms. The van der Waals surface area contributed by atoms with Crippen molar-refractivity contribution in [2.24, 2.45) is 0 Å². The second-order valence-electron chi connectivity index (χ2n) is 6.70. The van der Waals surface area contributed by atoms with Gasteiger partial charge in [-0.25, -0.2) is 0 Å². The first-order valence-electron chi connectivity index (χ1n) is 9.12. The molecular weight excluding hydrogens is 278 g/mol. The van der Waals surface area contributed by atoms with Gasteiger partial charge in [-0.3, -0.25) is 0 Å². The lowest BCUT2D eigenvalue weighted by atomic mass is 9.98. The molecular formula is C22H31N. The van der Waals surface area contributed by atoms with Gasteiger partial charge in [0.2, 0.25) is 0 Å². The van der Waals surface area contributed by atoms with Crippen LogP contribution in [0.3, 0.4) is 0 Å². The third-order valence-corrected chi connectivity index (χ3v) is 4.60. The van der Waals surface area contributed by atoms with Crippen LogP contribution in [0.25, 0.3) is 0 Å². The van der Waals surface area contributed by atoms with Gasteiger partial charge in [-0.05, 0) is 60.6 Å². The SMILES string of the molecule is CCCCCCCCc1ccc(Cc2ccc(N)cc2C)cc1. The predicted octanol–water partition coefficient (Wildman–Crippen LogP) is 6.07. The van der Waals surface area contributed by atoms with Gasteiger partial charge < -0.3 is 5.73 Å². The molecule has 2 rings (SSSR count). The Hall–Kier alpha value is -1.76. The zero-order chi connectivity index (χ0) is 16.5. The minimum Gasteiger partial charge on any atom is -0.399 e. The summed E-state index contributed by atoms with van der Waals surface area (Å²) in [5.74, 6) is 0. The fraction of sp³-hybridized carbons (Fsp3) is 0.455. The van der Waals surface area contributed by atoms with E-state index in [1.54, 1.807) is 0 Å². The van der Waals surface area contributed by atoms with Crippen molar-refractivity contribution in [2.75, 3.05) is 5.73 Å². The number of aryl methyl sites for hydroxylation is 2. The summed E-state index contributed by atoms with van der Waals surface area (Å²) in [4.78, 5) is 0. The van der Waals surface area contributed by atoms with Crippen molar-refractivity contribution in [3.05, 3.63) is 64.7 Å². The predicted molar refractivity (Wildman–Crippen MR) is 102 cm³/mol. The van der Waals surface area contributed by atoms with Crippen molar-refractivity contribution >= 4 is 5.69 Å². The molecule has 0 heterocycles. The zero-order valence-corrected chi connectivity index (χ0v) is 14.8. The summed E-state index contributed by atoms with van der Waals surface area (Å²) >= 11 is 0. The van der Waals surface area contributed by atoms with E-state index < -0.39 is 0 Å². The largest absolute Gasteiger partial charge is 0.399 e. The molecule has 2 aromatic rings. The van der Waals surface area contributed by atoms with E-state index in [-0.39, 0.29) is 0 Å². The highest BCUT2D eigenvalue weighted by Crippen LogP contribution is 2.18. The molecule has 0 aromatic heterocycles. The second-order valence-corrected chi connectivity index (χ2v) is 6.70. The molecule has 0 radical (unpaired) electrons. The van der Waals surface area contributed by atoms with Gasteiger partial charge in [-0.15, -0.1) is 0 Å². The number of hydrogen-bond donors (Lipinski definition) is 1. The van der Waals surface area contributed by atoms with Crippen LogP contribution >= 0.6 is 0 Å². The molecule has 0 fully saturated rings. The molecule has 2 aromatic carbocycles. The van der Waals surface area contributed by atoms with E-state index in [2.05, 4.69) is 50.2 Å². The Balaban J connectivity index is 1.80. The van der Waals surface area contributed by atoms with Crippen molar-refractivity contribution < 1.29 is 0 Å². The lowest BCUT2D eigenvalue weighted by Gasteiger charge is -2.08. The normalized spacial score (nSPS) is 10.9. The Morgan fingerprint density at radius 1 is 0.783 bits per heavy atom. The van der Waals surface area contributed by atoms with Gasteiger partial charge in [0.25, 0.3) is 0 Å². The fourth-order valence-corrected chi connectivity index (χ4v) is 3.07. The maximum absolute atomic E-state index is 5.83. The number of unbranched alkanes of at least 4 members (excludes halogenated alkanes) is 5. The summed E-state index contributed by atoms with van der Waals surface area (Å²) in [7, 11) is 0. The molecule has 0 aliphatic carbocycles. The van der Waals surface area contributed by atoms with Gasteiger partial charge >= 0.3 is 0 Å². The molecule has 0 aliphatic rings. The van der Waals surface area contributed by atoms with Crippen LogP contribution in [0.15, 0.2) is 42.5 Å². The topological polar surface area (TPSA) is 26.0 Å². The first kappa shape index (κ1) is 17.6. The molecule has 2 N–H and O–H groups in total. The summed E-state index contributed by atoms with van der Waals surface area (Å²) in [5, 5.41) is 0. The van der Waals surface area contributed by atoms with Gasteiger partial charge in [-0.2, -0.15) is 0 Å². The number of nitrogens with two attached hydrogens (primary N) is 1. The molecule has 1 heteroatoms. The van der Waals surface area contributed by atoms with Gasteiger partial charge in [0, 0.05) is 5.69 Å². The number of rotatable bonds is 9.